The van der Waals surface area contributed by atoms with Crippen LogP contribution in [0.15, 0.2) is 35.4 Å². The number of rotatable bonds is 6. The van der Waals surface area contributed by atoms with Crippen LogP contribution in [-0.4, -0.2) is 15.7 Å². The second kappa shape index (κ2) is 6.52. The molecule has 2 rings (SSSR count). The van der Waals surface area contributed by atoms with E-state index < -0.39 is 0 Å². The fraction of sp³-hybridized carbons (Fsp3) is 0.357. The summed E-state index contributed by atoms with van der Waals surface area (Å²) in [6.45, 7) is 2.14. The van der Waals surface area contributed by atoms with E-state index in [2.05, 4.69) is 11.9 Å². The molecule has 0 aliphatic heterocycles. The molecule has 0 saturated heterocycles. The lowest BCUT2D eigenvalue weighted by atomic mass is 10.2. The van der Waals surface area contributed by atoms with Crippen LogP contribution in [0.3, 0.4) is 0 Å². The van der Waals surface area contributed by atoms with Gasteiger partial charge in [-0.25, -0.2) is 4.98 Å². The van der Waals surface area contributed by atoms with Crippen LogP contribution in [0.4, 0.5) is 5.69 Å². The van der Waals surface area contributed by atoms with Gasteiger partial charge in [0.1, 0.15) is 0 Å². The van der Waals surface area contributed by atoms with E-state index >= 15 is 0 Å². The Morgan fingerprint density at radius 3 is 2.84 bits per heavy atom. The molecule has 19 heavy (non-hydrogen) atoms. The van der Waals surface area contributed by atoms with Gasteiger partial charge >= 0.3 is 5.69 Å². The molecule has 1 aromatic heterocycles. The number of hydrogen-bond donors (Lipinski definition) is 0. The molecule has 0 N–H and O–H groups in total. The second-order valence-corrected chi connectivity index (χ2v) is 5.40. The summed E-state index contributed by atoms with van der Waals surface area (Å²) in [5.41, 5.74) is 0.922. The monoisotopic (exact) mass is 276 g/mol. The van der Waals surface area contributed by atoms with Gasteiger partial charge in [0.15, 0.2) is 5.03 Å². The summed E-state index contributed by atoms with van der Waals surface area (Å²) in [6, 6.07) is 9.11. The van der Waals surface area contributed by atoms with Crippen molar-refractivity contribution < 1.29 is 4.92 Å². The molecule has 0 aliphatic rings. The minimum Gasteiger partial charge on any atom is -0.258 e. The molecule has 0 bridgehead atoms. The number of nitrogens with zero attached hydrogens (tertiary/aromatic N) is 2. The molecule has 0 saturated carbocycles. The van der Waals surface area contributed by atoms with E-state index in [-0.39, 0.29) is 10.6 Å². The first-order valence-corrected chi connectivity index (χ1v) is 7.38. The Kier molecular flexibility index (Phi) is 4.74. The number of hydrogen-bond acceptors (Lipinski definition) is 4. The smallest absolute Gasteiger partial charge is 0.258 e. The van der Waals surface area contributed by atoms with Gasteiger partial charge in [-0.3, -0.25) is 10.1 Å². The average molecular weight is 276 g/mol. The van der Waals surface area contributed by atoms with Gasteiger partial charge in [0.2, 0.25) is 0 Å². The fourth-order valence-electron chi connectivity index (χ4n) is 1.85. The van der Waals surface area contributed by atoms with Gasteiger partial charge in [-0.1, -0.05) is 49.7 Å². The molecule has 0 radical (unpaired) electrons. The molecule has 0 aliphatic carbocycles. The Morgan fingerprint density at radius 2 is 2.11 bits per heavy atom. The number of pyridine rings is 1. The van der Waals surface area contributed by atoms with Crippen molar-refractivity contribution >= 4 is 28.4 Å². The van der Waals surface area contributed by atoms with E-state index in [0.29, 0.717) is 5.03 Å². The first-order valence-electron chi connectivity index (χ1n) is 6.39. The van der Waals surface area contributed by atoms with E-state index in [4.69, 9.17) is 0 Å². The number of unbranched alkanes of at least 4 members (excludes halogenated alkanes) is 2. The summed E-state index contributed by atoms with van der Waals surface area (Å²) >= 11 is 1.48. The zero-order valence-corrected chi connectivity index (χ0v) is 11.7. The summed E-state index contributed by atoms with van der Waals surface area (Å²) in [5.74, 6) is 0.875. The largest absolute Gasteiger partial charge is 0.302 e. The van der Waals surface area contributed by atoms with Gasteiger partial charge in [-0.15, -0.1) is 0 Å². The van der Waals surface area contributed by atoms with E-state index in [1.807, 2.05) is 24.3 Å². The van der Waals surface area contributed by atoms with Crippen molar-refractivity contribution in [3.63, 3.8) is 0 Å². The molecule has 0 atom stereocenters. The van der Waals surface area contributed by atoms with Crippen LogP contribution < -0.4 is 0 Å². The van der Waals surface area contributed by atoms with Crippen LogP contribution in [0.25, 0.3) is 10.9 Å². The van der Waals surface area contributed by atoms with E-state index in [9.17, 15) is 10.1 Å². The van der Waals surface area contributed by atoms with Gasteiger partial charge in [-0.2, -0.15) is 0 Å². The van der Waals surface area contributed by atoms with Crippen molar-refractivity contribution in [1.29, 1.82) is 0 Å². The lowest BCUT2D eigenvalue weighted by molar-refractivity contribution is -0.388. The first kappa shape index (κ1) is 13.8. The van der Waals surface area contributed by atoms with Gasteiger partial charge in [0, 0.05) is 11.5 Å². The van der Waals surface area contributed by atoms with Gasteiger partial charge in [0.05, 0.1) is 10.4 Å². The molecule has 100 valence electrons. The van der Waals surface area contributed by atoms with Crippen LogP contribution in [-0.2, 0) is 0 Å². The Balaban J connectivity index is 2.28. The number of fused-ring (bicyclic) bond motifs is 1. The Labute approximate surface area is 116 Å². The number of thioether (sulfide) groups is 1. The Bertz CT molecular complexity index is 587. The number of para-hydroxylation sites is 1. The SMILES string of the molecule is CCCCCSc1nc2ccccc2cc1[N+](=O)[O-]. The zero-order chi connectivity index (χ0) is 13.7. The van der Waals surface area contributed by atoms with E-state index in [1.165, 1.54) is 11.8 Å². The predicted molar refractivity (Wildman–Crippen MR) is 78.6 cm³/mol. The van der Waals surface area contributed by atoms with Crippen molar-refractivity contribution in [3.05, 3.63) is 40.4 Å². The van der Waals surface area contributed by atoms with Crippen LogP contribution in [0.2, 0.25) is 0 Å². The zero-order valence-electron chi connectivity index (χ0n) is 10.8. The topological polar surface area (TPSA) is 56.0 Å². The second-order valence-electron chi connectivity index (χ2n) is 4.32. The molecular weight excluding hydrogens is 260 g/mol. The summed E-state index contributed by atoms with van der Waals surface area (Å²) in [6.07, 6.45) is 3.36. The molecule has 0 spiro atoms. The minimum atomic E-state index is -0.346. The van der Waals surface area contributed by atoms with Crippen molar-refractivity contribution in [3.8, 4) is 0 Å². The number of aromatic nitrogens is 1. The van der Waals surface area contributed by atoms with E-state index in [0.717, 1.165) is 35.9 Å². The van der Waals surface area contributed by atoms with Crippen molar-refractivity contribution in [1.82, 2.24) is 4.98 Å². The third-order valence-electron chi connectivity index (χ3n) is 2.85. The third kappa shape index (κ3) is 3.44. The van der Waals surface area contributed by atoms with Crippen molar-refractivity contribution in [2.24, 2.45) is 0 Å². The number of nitro groups is 1. The highest BCUT2D eigenvalue weighted by molar-refractivity contribution is 7.99. The summed E-state index contributed by atoms with van der Waals surface area (Å²) < 4.78 is 0. The molecule has 5 heteroatoms. The summed E-state index contributed by atoms with van der Waals surface area (Å²) in [7, 11) is 0. The minimum absolute atomic E-state index is 0.111. The standard InChI is InChI=1S/C14H16N2O2S/c1-2-3-6-9-19-14-13(16(17)18)10-11-7-4-5-8-12(11)15-14/h4-5,7-8,10H,2-3,6,9H2,1H3. The molecule has 0 amide bonds. The fourth-order valence-corrected chi connectivity index (χ4v) is 2.83. The van der Waals surface area contributed by atoms with Gasteiger partial charge in [-0.05, 0) is 18.2 Å². The maximum Gasteiger partial charge on any atom is 0.302 e. The lowest BCUT2D eigenvalue weighted by Crippen LogP contribution is -1.95. The maximum absolute atomic E-state index is 11.1. The van der Waals surface area contributed by atoms with Crippen molar-refractivity contribution in [2.75, 3.05) is 5.75 Å². The quantitative estimate of drug-likeness (QED) is 0.339. The summed E-state index contributed by atoms with van der Waals surface area (Å²) in [4.78, 5) is 15.2. The summed E-state index contributed by atoms with van der Waals surface area (Å²) in [5, 5.41) is 12.4. The molecule has 1 aromatic carbocycles. The molecule has 1 heterocycles. The molecule has 4 nitrogen and oxygen atoms in total. The van der Waals surface area contributed by atoms with E-state index in [1.54, 1.807) is 6.07 Å². The van der Waals surface area contributed by atoms with Gasteiger partial charge in [0.25, 0.3) is 0 Å². The predicted octanol–water partition coefficient (Wildman–Crippen LogP) is 4.43. The Morgan fingerprint density at radius 1 is 1.32 bits per heavy atom. The molecule has 0 unspecified atom stereocenters. The lowest BCUT2D eigenvalue weighted by Gasteiger charge is -2.04. The first-order chi connectivity index (χ1) is 9.22. The highest BCUT2D eigenvalue weighted by Crippen LogP contribution is 2.31. The highest BCUT2D eigenvalue weighted by Gasteiger charge is 2.16. The highest BCUT2D eigenvalue weighted by atomic mass is 32.2. The van der Waals surface area contributed by atoms with Crippen LogP contribution in [0, 0.1) is 10.1 Å². The maximum atomic E-state index is 11.1. The van der Waals surface area contributed by atoms with Gasteiger partial charge < -0.3 is 0 Å². The average Bonchev–Trinajstić information content (AvgIpc) is 2.42. The Hall–Kier alpha value is -1.62. The molecular formula is C14H16N2O2S. The molecule has 0 fully saturated rings. The van der Waals surface area contributed by atoms with Crippen LogP contribution >= 0.6 is 11.8 Å². The van der Waals surface area contributed by atoms with Crippen LogP contribution in [0.1, 0.15) is 26.2 Å². The molecule has 2 aromatic rings. The van der Waals surface area contributed by atoms with Crippen molar-refractivity contribution in [2.45, 2.75) is 31.2 Å². The van der Waals surface area contributed by atoms with Crippen LogP contribution in [0.5, 0.6) is 0 Å². The normalized spacial score (nSPS) is 10.8. The number of benzene rings is 1. The third-order valence-corrected chi connectivity index (χ3v) is 3.92.